The van der Waals surface area contributed by atoms with E-state index in [9.17, 15) is 9.90 Å². The summed E-state index contributed by atoms with van der Waals surface area (Å²) in [5.41, 5.74) is 1.86. The van der Waals surface area contributed by atoms with Gasteiger partial charge in [0.25, 0.3) is 0 Å². The van der Waals surface area contributed by atoms with Gasteiger partial charge in [-0.3, -0.25) is 4.79 Å². The van der Waals surface area contributed by atoms with Crippen molar-refractivity contribution >= 4 is 22.4 Å². The molecule has 162 valence electrons. The molecule has 2 aromatic heterocycles. The number of carboxylic acids is 1. The molecule has 0 atom stereocenters. The van der Waals surface area contributed by atoms with Crippen LogP contribution >= 0.6 is 11.3 Å². The highest BCUT2D eigenvalue weighted by molar-refractivity contribution is 7.19. The van der Waals surface area contributed by atoms with Crippen LogP contribution in [-0.2, 0) is 4.79 Å². The van der Waals surface area contributed by atoms with Gasteiger partial charge in [0.2, 0.25) is 0 Å². The van der Waals surface area contributed by atoms with Gasteiger partial charge in [-0.05, 0) is 50.2 Å². The molecule has 0 saturated carbocycles. The number of hydrogen-bond acceptors (Lipinski definition) is 7. The number of nitrogens with one attached hydrogen (secondary N) is 1. The van der Waals surface area contributed by atoms with E-state index in [1.165, 1.54) is 17.7 Å². The molecule has 4 aromatic rings. The standard InChI is InChI=1S/C24H22N4O3S/c1-24(2,12-20(29)30)28-23-27-21(22(32-23)17-13-25-15-26-14-17)16-8-10-19(11-9-16)31-18-6-4-3-5-7-18/h3-11,13-15H,12H2,1-2H3,(H,27,28)(H,29,30). The Kier molecular flexibility index (Phi) is 6.13. The van der Waals surface area contributed by atoms with E-state index in [4.69, 9.17) is 9.72 Å². The zero-order chi connectivity index (χ0) is 22.6. The monoisotopic (exact) mass is 446 g/mol. The Bertz CT molecular complexity index is 1190. The molecule has 0 saturated heterocycles. The third-order valence-electron chi connectivity index (χ3n) is 4.60. The Hall–Kier alpha value is -3.78. The van der Waals surface area contributed by atoms with Gasteiger partial charge in [-0.15, -0.1) is 0 Å². The van der Waals surface area contributed by atoms with E-state index in [0.717, 1.165) is 33.2 Å². The molecule has 7 nitrogen and oxygen atoms in total. The van der Waals surface area contributed by atoms with E-state index in [0.29, 0.717) is 5.13 Å². The number of carbonyl (C=O) groups is 1. The van der Waals surface area contributed by atoms with Gasteiger partial charge in [-0.1, -0.05) is 29.5 Å². The predicted octanol–water partition coefficient (Wildman–Crippen LogP) is 5.72. The summed E-state index contributed by atoms with van der Waals surface area (Å²) in [5, 5.41) is 13.1. The van der Waals surface area contributed by atoms with Gasteiger partial charge in [0.05, 0.1) is 17.0 Å². The summed E-state index contributed by atoms with van der Waals surface area (Å²) in [6.45, 7) is 3.67. The number of hydrogen-bond donors (Lipinski definition) is 2. The molecule has 0 bridgehead atoms. The number of nitrogens with zero attached hydrogens (tertiary/aromatic N) is 3. The Balaban J connectivity index is 1.66. The third kappa shape index (κ3) is 5.28. The number of ether oxygens (including phenoxy) is 1. The van der Waals surface area contributed by atoms with Crippen molar-refractivity contribution < 1.29 is 14.6 Å². The van der Waals surface area contributed by atoms with Crippen LogP contribution in [0, 0.1) is 0 Å². The van der Waals surface area contributed by atoms with Crippen molar-refractivity contribution in [2.24, 2.45) is 0 Å². The second-order valence-corrected chi connectivity index (χ2v) is 8.84. The molecule has 0 spiro atoms. The minimum absolute atomic E-state index is 0.0305. The Morgan fingerprint density at radius 3 is 2.31 bits per heavy atom. The lowest BCUT2D eigenvalue weighted by atomic mass is 10.0. The summed E-state index contributed by atoms with van der Waals surface area (Å²) in [6.07, 6.45) is 4.93. The first-order valence-corrected chi connectivity index (χ1v) is 10.8. The third-order valence-corrected chi connectivity index (χ3v) is 5.61. The van der Waals surface area contributed by atoms with E-state index >= 15 is 0 Å². The van der Waals surface area contributed by atoms with E-state index in [1.54, 1.807) is 12.4 Å². The van der Waals surface area contributed by atoms with Gasteiger partial charge in [0.1, 0.15) is 17.8 Å². The van der Waals surface area contributed by atoms with Crippen LogP contribution in [0.15, 0.2) is 73.3 Å². The summed E-state index contributed by atoms with van der Waals surface area (Å²) in [5.74, 6) is 0.619. The van der Waals surface area contributed by atoms with E-state index in [-0.39, 0.29) is 6.42 Å². The van der Waals surface area contributed by atoms with Crippen molar-refractivity contribution in [1.29, 1.82) is 0 Å². The van der Waals surface area contributed by atoms with Crippen molar-refractivity contribution in [1.82, 2.24) is 15.0 Å². The fourth-order valence-corrected chi connectivity index (χ4v) is 4.34. The van der Waals surface area contributed by atoms with Crippen molar-refractivity contribution in [3.05, 3.63) is 73.3 Å². The number of anilines is 1. The van der Waals surface area contributed by atoms with Gasteiger partial charge >= 0.3 is 5.97 Å². The first-order chi connectivity index (χ1) is 15.4. The molecule has 4 rings (SSSR count). The number of rotatable bonds is 8. The number of carboxylic acid groups (broad SMARTS) is 1. The molecular formula is C24H22N4O3S. The maximum Gasteiger partial charge on any atom is 0.305 e. The molecule has 0 aliphatic heterocycles. The van der Waals surface area contributed by atoms with Crippen LogP contribution in [0.2, 0.25) is 0 Å². The maximum atomic E-state index is 11.2. The molecule has 0 radical (unpaired) electrons. The molecule has 2 aromatic carbocycles. The van der Waals surface area contributed by atoms with Crippen LogP contribution in [0.5, 0.6) is 11.5 Å². The van der Waals surface area contributed by atoms with Crippen LogP contribution in [0.25, 0.3) is 21.7 Å². The number of aromatic nitrogens is 3. The van der Waals surface area contributed by atoms with Crippen molar-refractivity contribution in [2.45, 2.75) is 25.8 Å². The van der Waals surface area contributed by atoms with Gasteiger partial charge < -0.3 is 15.2 Å². The molecule has 0 aliphatic carbocycles. The van der Waals surface area contributed by atoms with Gasteiger partial charge in [-0.25, -0.2) is 15.0 Å². The first kappa shape index (κ1) is 21.5. The van der Waals surface area contributed by atoms with Crippen LogP contribution in [0.1, 0.15) is 20.3 Å². The topological polar surface area (TPSA) is 97.2 Å². The summed E-state index contributed by atoms with van der Waals surface area (Å²) >= 11 is 1.44. The second-order valence-electron chi connectivity index (χ2n) is 7.84. The molecule has 32 heavy (non-hydrogen) atoms. The van der Waals surface area contributed by atoms with Crippen LogP contribution in [0.3, 0.4) is 0 Å². The number of aliphatic carboxylic acids is 1. The van der Waals surface area contributed by atoms with Crippen LogP contribution < -0.4 is 10.1 Å². The zero-order valence-corrected chi connectivity index (χ0v) is 18.5. The molecule has 0 amide bonds. The average Bonchev–Trinajstić information content (AvgIpc) is 3.17. The van der Waals surface area contributed by atoms with Gasteiger partial charge in [0.15, 0.2) is 5.13 Å². The van der Waals surface area contributed by atoms with Gasteiger partial charge in [0, 0.05) is 29.1 Å². The SMILES string of the molecule is CC(C)(CC(=O)O)Nc1nc(-c2ccc(Oc3ccccc3)cc2)c(-c2cncnc2)s1. The normalized spacial score (nSPS) is 11.2. The summed E-state index contributed by atoms with van der Waals surface area (Å²) in [7, 11) is 0. The van der Waals surface area contributed by atoms with Crippen LogP contribution in [-0.4, -0.2) is 31.6 Å². The Morgan fingerprint density at radius 2 is 1.66 bits per heavy atom. The minimum Gasteiger partial charge on any atom is -0.481 e. The summed E-state index contributed by atoms with van der Waals surface area (Å²) in [4.78, 5) is 25.1. The fraction of sp³-hybridized carbons (Fsp3) is 0.167. The van der Waals surface area contributed by atoms with Crippen molar-refractivity contribution in [3.8, 4) is 33.2 Å². The molecule has 2 N–H and O–H groups in total. The Labute approximate surface area is 189 Å². The first-order valence-electron chi connectivity index (χ1n) is 9.99. The number of para-hydroxylation sites is 1. The molecule has 0 aliphatic rings. The Morgan fingerprint density at radius 1 is 1.00 bits per heavy atom. The fourth-order valence-electron chi connectivity index (χ4n) is 3.20. The lowest BCUT2D eigenvalue weighted by Crippen LogP contribution is -2.33. The zero-order valence-electron chi connectivity index (χ0n) is 17.6. The molecule has 0 fully saturated rings. The summed E-state index contributed by atoms with van der Waals surface area (Å²) < 4.78 is 5.89. The van der Waals surface area contributed by atoms with E-state index < -0.39 is 11.5 Å². The van der Waals surface area contributed by atoms with E-state index in [2.05, 4.69) is 15.3 Å². The smallest absolute Gasteiger partial charge is 0.305 e. The quantitative estimate of drug-likeness (QED) is 0.357. The molecular weight excluding hydrogens is 424 g/mol. The number of thiazole rings is 1. The largest absolute Gasteiger partial charge is 0.481 e. The molecule has 0 unspecified atom stereocenters. The maximum absolute atomic E-state index is 11.2. The lowest BCUT2D eigenvalue weighted by molar-refractivity contribution is -0.137. The number of benzene rings is 2. The highest BCUT2D eigenvalue weighted by Crippen LogP contribution is 2.40. The highest BCUT2D eigenvalue weighted by Gasteiger charge is 2.24. The second kappa shape index (κ2) is 9.15. The van der Waals surface area contributed by atoms with Crippen LogP contribution in [0.4, 0.5) is 5.13 Å². The highest BCUT2D eigenvalue weighted by atomic mass is 32.1. The average molecular weight is 447 g/mol. The van der Waals surface area contributed by atoms with E-state index in [1.807, 2.05) is 68.4 Å². The summed E-state index contributed by atoms with van der Waals surface area (Å²) in [6, 6.07) is 17.3. The minimum atomic E-state index is -0.870. The molecule has 2 heterocycles. The van der Waals surface area contributed by atoms with Crippen molar-refractivity contribution in [2.75, 3.05) is 5.32 Å². The van der Waals surface area contributed by atoms with Gasteiger partial charge in [-0.2, -0.15) is 0 Å². The molecule has 8 heteroatoms. The lowest BCUT2D eigenvalue weighted by Gasteiger charge is -2.23. The predicted molar refractivity (Wildman–Crippen MR) is 125 cm³/mol. The van der Waals surface area contributed by atoms with Crippen molar-refractivity contribution in [3.63, 3.8) is 0 Å².